The number of nitrogens with two attached hydrogens (primary N) is 1. The Morgan fingerprint density at radius 3 is 3.00 bits per heavy atom. The molecular weight excluding hydrogens is 150 g/mol. The van der Waals surface area contributed by atoms with Gasteiger partial charge in [0.2, 0.25) is 0 Å². The van der Waals surface area contributed by atoms with Crippen molar-refractivity contribution in [2.45, 2.75) is 32.6 Å². The van der Waals surface area contributed by atoms with Gasteiger partial charge in [0.25, 0.3) is 0 Å². The molecule has 1 heterocycles. The van der Waals surface area contributed by atoms with Crippen LogP contribution in [-0.2, 0) is 6.42 Å². The van der Waals surface area contributed by atoms with Crippen LogP contribution in [0.4, 0.5) is 5.82 Å². The van der Waals surface area contributed by atoms with Gasteiger partial charge in [-0.3, -0.25) is 5.10 Å². The Hall–Kier alpha value is -0.990. The highest BCUT2D eigenvalue weighted by molar-refractivity contribution is 5.47. The lowest BCUT2D eigenvalue weighted by molar-refractivity contribution is 0.495. The minimum Gasteiger partial charge on any atom is -0.382 e. The normalized spacial score (nSPS) is 21.8. The van der Waals surface area contributed by atoms with Crippen LogP contribution in [0.2, 0.25) is 0 Å². The fourth-order valence-electron chi connectivity index (χ4n) is 2.12. The lowest BCUT2D eigenvalue weighted by atomic mass is 9.91. The van der Waals surface area contributed by atoms with Gasteiger partial charge in [-0.15, -0.1) is 0 Å². The molecule has 0 aliphatic heterocycles. The fourth-order valence-corrected chi connectivity index (χ4v) is 2.12. The summed E-state index contributed by atoms with van der Waals surface area (Å²) in [5, 5.41) is 7.02. The molecule has 0 radical (unpaired) electrons. The number of anilines is 1. The Kier molecular flexibility index (Phi) is 1.60. The van der Waals surface area contributed by atoms with Crippen molar-refractivity contribution >= 4 is 5.82 Å². The van der Waals surface area contributed by atoms with E-state index in [1.165, 1.54) is 17.7 Å². The number of rotatable bonds is 1. The van der Waals surface area contributed by atoms with Crippen LogP contribution < -0.4 is 5.73 Å². The molecule has 1 atom stereocenters. The molecular formula is C9H15N3. The Morgan fingerprint density at radius 2 is 2.33 bits per heavy atom. The molecule has 3 nitrogen and oxygen atoms in total. The van der Waals surface area contributed by atoms with Crippen LogP contribution in [0.25, 0.3) is 0 Å². The summed E-state index contributed by atoms with van der Waals surface area (Å²) in [7, 11) is 0. The maximum absolute atomic E-state index is 5.78. The molecule has 0 saturated carbocycles. The molecule has 0 amide bonds. The lowest BCUT2D eigenvalue weighted by Crippen LogP contribution is -2.04. The second-order valence-corrected chi connectivity index (χ2v) is 3.89. The van der Waals surface area contributed by atoms with Gasteiger partial charge >= 0.3 is 0 Å². The van der Waals surface area contributed by atoms with Gasteiger partial charge in [-0.1, -0.05) is 13.8 Å². The zero-order valence-corrected chi connectivity index (χ0v) is 7.59. The van der Waals surface area contributed by atoms with E-state index < -0.39 is 0 Å². The first-order valence-electron chi connectivity index (χ1n) is 4.52. The number of hydrogen-bond donors (Lipinski definition) is 2. The maximum Gasteiger partial charge on any atom is 0.148 e. The number of H-pyrrole nitrogens is 1. The van der Waals surface area contributed by atoms with E-state index in [9.17, 15) is 0 Å². The van der Waals surface area contributed by atoms with E-state index in [-0.39, 0.29) is 0 Å². The lowest BCUT2D eigenvalue weighted by Gasteiger charge is -2.14. The highest BCUT2D eigenvalue weighted by atomic mass is 15.2. The number of nitrogen functional groups attached to an aromatic ring is 1. The van der Waals surface area contributed by atoms with Crippen LogP contribution in [0, 0.1) is 5.92 Å². The van der Waals surface area contributed by atoms with Gasteiger partial charge in [0, 0.05) is 11.3 Å². The first-order valence-corrected chi connectivity index (χ1v) is 4.52. The molecule has 1 aliphatic rings. The van der Waals surface area contributed by atoms with E-state index in [0.717, 1.165) is 6.42 Å². The number of aromatic amines is 1. The third kappa shape index (κ3) is 0.924. The van der Waals surface area contributed by atoms with Crippen LogP contribution in [0.3, 0.4) is 0 Å². The molecule has 66 valence electrons. The molecule has 1 unspecified atom stereocenters. The highest BCUT2D eigenvalue weighted by Crippen LogP contribution is 2.39. The summed E-state index contributed by atoms with van der Waals surface area (Å²) >= 11 is 0. The van der Waals surface area contributed by atoms with E-state index in [1.54, 1.807) is 0 Å². The number of aryl methyl sites for hydroxylation is 1. The van der Waals surface area contributed by atoms with Crippen molar-refractivity contribution in [3.8, 4) is 0 Å². The van der Waals surface area contributed by atoms with Crippen molar-refractivity contribution in [2.75, 3.05) is 5.73 Å². The predicted molar refractivity (Wildman–Crippen MR) is 48.9 cm³/mol. The Morgan fingerprint density at radius 1 is 1.58 bits per heavy atom. The molecule has 0 bridgehead atoms. The van der Waals surface area contributed by atoms with Crippen molar-refractivity contribution in [3.05, 3.63) is 11.3 Å². The molecule has 0 spiro atoms. The highest BCUT2D eigenvalue weighted by Gasteiger charge is 2.29. The summed E-state index contributed by atoms with van der Waals surface area (Å²) in [5.41, 5.74) is 8.32. The van der Waals surface area contributed by atoms with E-state index in [4.69, 9.17) is 5.73 Å². The van der Waals surface area contributed by atoms with Crippen LogP contribution in [-0.4, -0.2) is 10.2 Å². The second-order valence-electron chi connectivity index (χ2n) is 3.89. The van der Waals surface area contributed by atoms with Crippen LogP contribution in [0.15, 0.2) is 0 Å². The minimum absolute atomic E-state index is 0.624. The van der Waals surface area contributed by atoms with Gasteiger partial charge in [0.1, 0.15) is 5.82 Å². The topological polar surface area (TPSA) is 54.7 Å². The molecule has 3 N–H and O–H groups in total. The summed E-state index contributed by atoms with van der Waals surface area (Å²) in [6, 6.07) is 0. The second kappa shape index (κ2) is 2.51. The van der Waals surface area contributed by atoms with Crippen LogP contribution >= 0.6 is 0 Å². The van der Waals surface area contributed by atoms with Gasteiger partial charge in [-0.05, 0) is 24.7 Å². The maximum atomic E-state index is 5.78. The molecule has 1 aliphatic carbocycles. The Labute approximate surface area is 72.4 Å². The fraction of sp³-hybridized carbons (Fsp3) is 0.667. The number of fused-ring (bicyclic) bond motifs is 1. The van der Waals surface area contributed by atoms with Gasteiger partial charge in [-0.2, -0.15) is 5.10 Å². The number of nitrogens with one attached hydrogen (secondary N) is 1. The van der Waals surface area contributed by atoms with Crippen molar-refractivity contribution in [1.29, 1.82) is 0 Å². The average molecular weight is 165 g/mol. The average Bonchev–Trinajstić information content (AvgIpc) is 2.53. The largest absolute Gasteiger partial charge is 0.382 e. The van der Waals surface area contributed by atoms with Crippen molar-refractivity contribution in [3.63, 3.8) is 0 Å². The molecule has 1 aromatic rings. The quantitative estimate of drug-likeness (QED) is 0.665. The zero-order chi connectivity index (χ0) is 8.72. The monoisotopic (exact) mass is 165 g/mol. The summed E-state index contributed by atoms with van der Waals surface area (Å²) in [6.45, 7) is 4.48. The predicted octanol–water partition coefficient (Wildman–Crippen LogP) is 1.68. The van der Waals surface area contributed by atoms with E-state index in [1.807, 2.05) is 0 Å². The van der Waals surface area contributed by atoms with E-state index in [0.29, 0.717) is 17.7 Å². The number of hydrogen-bond acceptors (Lipinski definition) is 2. The molecule has 1 aromatic heterocycles. The van der Waals surface area contributed by atoms with E-state index >= 15 is 0 Å². The molecule has 0 saturated heterocycles. The summed E-state index contributed by atoms with van der Waals surface area (Å²) < 4.78 is 0. The summed E-state index contributed by atoms with van der Waals surface area (Å²) in [4.78, 5) is 0. The van der Waals surface area contributed by atoms with Gasteiger partial charge < -0.3 is 5.73 Å². The first-order chi connectivity index (χ1) is 5.70. The third-order valence-corrected chi connectivity index (χ3v) is 2.79. The van der Waals surface area contributed by atoms with E-state index in [2.05, 4.69) is 24.0 Å². The zero-order valence-electron chi connectivity index (χ0n) is 7.59. The first kappa shape index (κ1) is 7.65. The summed E-state index contributed by atoms with van der Waals surface area (Å²) in [6.07, 6.45) is 2.34. The minimum atomic E-state index is 0.624. The molecule has 0 fully saturated rings. The standard InChI is InChI=1S/C9H15N3/c1-5(2)6-3-4-7-8(6)9(10)12-11-7/h5-6H,3-4H2,1-2H3,(H3,10,11,12). The van der Waals surface area contributed by atoms with Gasteiger partial charge in [-0.25, -0.2) is 0 Å². The molecule has 12 heavy (non-hydrogen) atoms. The van der Waals surface area contributed by atoms with Gasteiger partial charge in [0.15, 0.2) is 0 Å². The Balaban J connectivity index is 2.39. The third-order valence-electron chi connectivity index (χ3n) is 2.79. The summed E-state index contributed by atoms with van der Waals surface area (Å²) in [5.74, 6) is 2.01. The molecule has 0 aromatic carbocycles. The van der Waals surface area contributed by atoms with Gasteiger partial charge in [0.05, 0.1) is 0 Å². The van der Waals surface area contributed by atoms with Crippen molar-refractivity contribution < 1.29 is 0 Å². The Bertz CT molecular complexity index is 288. The number of nitrogens with zero attached hydrogens (tertiary/aromatic N) is 1. The number of aromatic nitrogens is 2. The molecule has 2 rings (SSSR count). The van der Waals surface area contributed by atoms with Crippen molar-refractivity contribution in [1.82, 2.24) is 10.2 Å². The molecule has 3 heteroatoms. The van der Waals surface area contributed by atoms with Crippen LogP contribution in [0.1, 0.15) is 37.4 Å². The van der Waals surface area contributed by atoms with Crippen molar-refractivity contribution in [2.24, 2.45) is 5.92 Å². The van der Waals surface area contributed by atoms with Crippen LogP contribution in [0.5, 0.6) is 0 Å². The SMILES string of the molecule is CC(C)C1CCc2[nH]nc(N)c21. The smallest absolute Gasteiger partial charge is 0.148 e.